The number of piperidine rings is 1. The van der Waals surface area contributed by atoms with E-state index in [0.29, 0.717) is 12.5 Å². The van der Waals surface area contributed by atoms with Crippen LogP contribution in [0.1, 0.15) is 44.9 Å². The van der Waals surface area contributed by atoms with Crippen molar-refractivity contribution in [2.45, 2.75) is 62.2 Å². The lowest BCUT2D eigenvalue weighted by atomic mass is 9.77. The van der Waals surface area contributed by atoms with E-state index in [2.05, 4.69) is 19.0 Å². The Morgan fingerprint density at radius 3 is 2.43 bits per heavy atom. The number of hydrogen-bond donors (Lipinski definition) is 1. The lowest BCUT2D eigenvalue weighted by molar-refractivity contribution is -0.144. The van der Waals surface area contributed by atoms with Crippen LogP contribution in [0, 0.1) is 0 Å². The Morgan fingerprint density at radius 1 is 1.29 bits per heavy atom. The minimum absolute atomic E-state index is 0.0148. The predicted octanol–water partition coefficient (Wildman–Crippen LogP) is 1.00. The van der Waals surface area contributed by atoms with Crippen molar-refractivity contribution in [2.24, 2.45) is 0 Å². The van der Waals surface area contributed by atoms with Crippen molar-refractivity contribution in [1.29, 1.82) is 0 Å². The molecule has 2 aliphatic heterocycles. The molecule has 3 fully saturated rings. The molecule has 1 atom stereocenters. The maximum absolute atomic E-state index is 12.3. The molecule has 2 saturated heterocycles. The van der Waals surface area contributed by atoms with E-state index in [0.717, 1.165) is 58.2 Å². The molecule has 2 heterocycles. The van der Waals surface area contributed by atoms with E-state index in [1.54, 1.807) is 0 Å². The Hall–Kier alpha value is -0.650. The molecular weight excluding hydrogens is 268 g/mol. The van der Waals surface area contributed by atoms with E-state index in [4.69, 9.17) is 4.74 Å². The monoisotopic (exact) mass is 296 g/mol. The number of hydrogen-bond acceptors (Lipinski definition) is 4. The molecule has 1 unspecified atom stereocenters. The molecule has 0 radical (unpaired) electrons. The van der Waals surface area contributed by atoms with E-state index in [1.807, 2.05) is 4.90 Å². The maximum atomic E-state index is 12.3. The first-order valence-corrected chi connectivity index (χ1v) is 8.22. The molecule has 0 aromatic carbocycles. The first kappa shape index (κ1) is 15.3. The van der Waals surface area contributed by atoms with Gasteiger partial charge >= 0.3 is 0 Å². The second-order valence-electron chi connectivity index (χ2n) is 7.45. The van der Waals surface area contributed by atoms with Crippen molar-refractivity contribution in [3.8, 4) is 0 Å². The number of ether oxygens (including phenoxy) is 1. The van der Waals surface area contributed by atoms with Gasteiger partial charge in [-0.15, -0.1) is 0 Å². The third-order valence-electron chi connectivity index (χ3n) is 5.71. The average Bonchev–Trinajstić information content (AvgIpc) is 2.82. The average molecular weight is 296 g/mol. The van der Waals surface area contributed by atoms with Crippen molar-refractivity contribution < 1.29 is 14.6 Å². The van der Waals surface area contributed by atoms with Gasteiger partial charge in [0.2, 0.25) is 5.91 Å². The number of nitrogens with zero attached hydrogens (tertiary/aromatic N) is 2. The topological polar surface area (TPSA) is 53.0 Å². The van der Waals surface area contributed by atoms with E-state index in [1.165, 1.54) is 0 Å². The Morgan fingerprint density at radius 2 is 1.95 bits per heavy atom. The third kappa shape index (κ3) is 3.10. The zero-order valence-electron chi connectivity index (χ0n) is 13.3. The lowest BCUT2D eigenvalue weighted by Crippen LogP contribution is -2.49. The normalized spacial score (nSPS) is 30.7. The Bertz CT molecular complexity index is 398. The summed E-state index contributed by atoms with van der Waals surface area (Å²) in [5.74, 6) is 0.120. The van der Waals surface area contributed by atoms with E-state index >= 15 is 0 Å². The molecule has 21 heavy (non-hydrogen) atoms. The van der Waals surface area contributed by atoms with Gasteiger partial charge in [-0.25, -0.2) is 0 Å². The summed E-state index contributed by atoms with van der Waals surface area (Å²) in [4.78, 5) is 16.5. The fourth-order valence-electron chi connectivity index (χ4n) is 3.82. The van der Waals surface area contributed by atoms with Crippen LogP contribution in [-0.2, 0) is 9.53 Å². The number of carbonyl (C=O) groups excluding carboxylic acids is 1. The Labute approximate surface area is 127 Å². The minimum atomic E-state index is -0.702. The van der Waals surface area contributed by atoms with Crippen LogP contribution in [0.25, 0.3) is 0 Å². The van der Waals surface area contributed by atoms with Crippen LogP contribution in [0.5, 0.6) is 0 Å². The number of rotatable bonds is 3. The zero-order valence-corrected chi connectivity index (χ0v) is 13.3. The highest BCUT2D eigenvalue weighted by Crippen LogP contribution is 2.39. The molecule has 0 aromatic heterocycles. The largest absolute Gasteiger partial charge is 0.389 e. The maximum Gasteiger partial charge on any atom is 0.225 e. The molecular formula is C16H28N2O3. The number of amides is 1. The third-order valence-corrected chi connectivity index (χ3v) is 5.71. The number of likely N-dealkylation sites (N-methyl/N-ethyl adjacent to an activating group) is 1. The van der Waals surface area contributed by atoms with Crippen molar-refractivity contribution in [3.05, 3.63) is 0 Å². The fraction of sp³-hybridized carbons (Fsp3) is 0.938. The lowest BCUT2D eigenvalue weighted by Gasteiger charge is -2.41. The molecule has 1 spiro atoms. The minimum Gasteiger partial charge on any atom is -0.389 e. The zero-order chi connectivity index (χ0) is 15.1. The van der Waals surface area contributed by atoms with Crippen LogP contribution >= 0.6 is 0 Å². The summed E-state index contributed by atoms with van der Waals surface area (Å²) in [6, 6.07) is 0.503. The Kier molecular flexibility index (Phi) is 4.01. The molecule has 1 amide bonds. The van der Waals surface area contributed by atoms with Crippen LogP contribution in [-0.4, -0.2) is 71.8 Å². The van der Waals surface area contributed by atoms with Crippen molar-refractivity contribution >= 4 is 5.91 Å². The summed E-state index contributed by atoms with van der Waals surface area (Å²) in [6.07, 6.45) is 5.86. The second-order valence-corrected chi connectivity index (χ2v) is 7.45. The molecule has 0 aromatic rings. The fourth-order valence-corrected chi connectivity index (χ4v) is 3.82. The molecule has 120 valence electrons. The van der Waals surface area contributed by atoms with Gasteiger partial charge in [-0.2, -0.15) is 0 Å². The molecule has 1 aliphatic carbocycles. The van der Waals surface area contributed by atoms with E-state index < -0.39 is 5.60 Å². The molecule has 5 heteroatoms. The summed E-state index contributed by atoms with van der Waals surface area (Å²) in [5.41, 5.74) is -0.717. The second kappa shape index (κ2) is 5.52. The highest BCUT2D eigenvalue weighted by Gasteiger charge is 2.45. The Balaban J connectivity index is 1.50. The predicted molar refractivity (Wildman–Crippen MR) is 80.0 cm³/mol. The molecule has 0 bridgehead atoms. The number of carbonyl (C=O) groups is 1. The van der Waals surface area contributed by atoms with Crippen LogP contribution in [0.3, 0.4) is 0 Å². The molecule has 1 saturated carbocycles. The number of aliphatic hydroxyl groups is 1. The summed E-state index contributed by atoms with van der Waals surface area (Å²) >= 11 is 0. The van der Waals surface area contributed by atoms with Crippen LogP contribution in [0.15, 0.2) is 0 Å². The highest BCUT2D eigenvalue weighted by atomic mass is 16.5. The summed E-state index contributed by atoms with van der Waals surface area (Å²) < 4.78 is 6.09. The SMILES string of the molecule is CN(C)C1COC2(CCN(C(=O)CC3(O)CCC3)CC2)C1. The van der Waals surface area contributed by atoms with Gasteiger partial charge in [-0.1, -0.05) is 0 Å². The summed E-state index contributed by atoms with van der Waals surface area (Å²) in [5, 5.41) is 10.1. The first-order valence-electron chi connectivity index (χ1n) is 8.22. The molecule has 3 rings (SSSR count). The van der Waals surface area contributed by atoms with Gasteiger partial charge in [0.1, 0.15) is 0 Å². The van der Waals surface area contributed by atoms with Gasteiger partial charge in [0.25, 0.3) is 0 Å². The standard InChI is InChI=1S/C16H28N2O3/c1-17(2)13-10-16(21-12-13)6-8-18(9-7-16)14(19)11-15(20)4-3-5-15/h13,20H,3-12H2,1-2H3. The summed E-state index contributed by atoms with van der Waals surface area (Å²) in [7, 11) is 4.20. The molecule has 5 nitrogen and oxygen atoms in total. The van der Waals surface area contributed by atoms with Gasteiger partial charge < -0.3 is 19.6 Å². The van der Waals surface area contributed by atoms with Gasteiger partial charge in [0, 0.05) is 19.1 Å². The van der Waals surface area contributed by atoms with Crippen molar-refractivity contribution in [1.82, 2.24) is 9.80 Å². The van der Waals surface area contributed by atoms with Gasteiger partial charge in [-0.3, -0.25) is 4.79 Å². The van der Waals surface area contributed by atoms with Crippen LogP contribution < -0.4 is 0 Å². The van der Waals surface area contributed by atoms with E-state index in [-0.39, 0.29) is 11.5 Å². The summed E-state index contributed by atoms with van der Waals surface area (Å²) in [6.45, 7) is 2.35. The van der Waals surface area contributed by atoms with Crippen LogP contribution in [0.4, 0.5) is 0 Å². The van der Waals surface area contributed by atoms with E-state index in [9.17, 15) is 9.90 Å². The molecule has 1 N–H and O–H groups in total. The van der Waals surface area contributed by atoms with Crippen LogP contribution in [0.2, 0.25) is 0 Å². The van der Waals surface area contributed by atoms with Gasteiger partial charge in [-0.05, 0) is 52.6 Å². The smallest absolute Gasteiger partial charge is 0.225 e. The molecule has 3 aliphatic rings. The highest BCUT2D eigenvalue weighted by molar-refractivity contribution is 5.77. The van der Waals surface area contributed by atoms with Gasteiger partial charge in [0.05, 0.1) is 24.2 Å². The first-order chi connectivity index (χ1) is 9.91. The van der Waals surface area contributed by atoms with Crippen molar-refractivity contribution in [2.75, 3.05) is 33.8 Å². The number of likely N-dealkylation sites (tertiary alicyclic amines) is 1. The quantitative estimate of drug-likeness (QED) is 0.844. The van der Waals surface area contributed by atoms with Gasteiger partial charge in [0.15, 0.2) is 0 Å². The van der Waals surface area contributed by atoms with Crippen molar-refractivity contribution in [3.63, 3.8) is 0 Å².